The number of carbonyl (C=O) groups excluding carboxylic acids is 1. The predicted octanol–water partition coefficient (Wildman–Crippen LogP) is 4.08. The van der Waals surface area contributed by atoms with E-state index in [1.54, 1.807) is 42.5 Å². The second-order valence-corrected chi connectivity index (χ2v) is 5.94. The average Bonchev–Trinajstić information content (AvgIpc) is 3.10. The van der Waals surface area contributed by atoms with Crippen LogP contribution in [0.2, 0.25) is 0 Å². The maximum Gasteiger partial charge on any atom is 0.198 e. The van der Waals surface area contributed by atoms with E-state index < -0.39 is 0 Å². The fraction of sp³-hybridized carbons (Fsp3) is 0. The van der Waals surface area contributed by atoms with Crippen LogP contribution in [-0.4, -0.2) is 15.9 Å². The van der Waals surface area contributed by atoms with E-state index in [2.05, 4.69) is 17.3 Å². The number of aromatic nitrogens is 1. The van der Waals surface area contributed by atoms with Crippen molar-refractivity contribution in [1.29, 1.82) is 5.26 Å². The average molecular weight is 331 g/mol. The summed E-state index contributed by atoms with van der Waals surface area (Å²) in [6, 6.07) is 15.7. The third kappa shape index (κ3) is 3.57. The predicted molar refractivity (Wildman–Crippen MR) is 92.6 cm³/mol. The van der Waals surface area contributed by atoms with Gasteiger partial charge in [-0.1, -0.05) is 30.3 Å². The van der Waals surface area contributed by atoms with Crippen LogP contribution in [0.15, 0.2) is 54.6 Å². The molecule has 0 atom stereocenters. The molecule has 1 heterocycles. The Balaban J connectivity index is 1.79. The fourth-order valence-corrected chi connectivity index (χ4v) is 2.86. The number of phenols is 1. The van der Waals surface area contributed by atoms with Crippen molar-refractivity contribution < 1.29 is 9.90 Å². The molecule has 2 aromatic carbocycles. The molecule has 1 aromatic heterocycles. The molecule has 5 heteroatoms. The van der Waals surface area contributed by atoms with Crippen LogP contribution in [0.4, 0.5) is 0 Å². The Morgan fingerprint density at radius 3 is 2.88 bits per heavy atom. The molecular formula is C19H11N2O2S. The summed E-state index contributed by atoms with van der Waals surface area (Å²) in [4.78, 5) is 16.7. The number of benzene rings is 2. The molecule has 0 fully saturated rings. The van der Waals surface area contributed by atoms with Crippen LogP contribution in [0.1, 0.15) is 20.8 Å². The summed E-state index contributed by atoms with van der Waals surface area (Å²) in [5.74, 6) is -0.0610. The quantitative estimate of drug-likeness (QED) is 0.577. The number of phenolic OH excluding ortho intramolecular Hbond substituents is 1. The van der Waals surface area contributed by atoms with Crippen molar-refractivity contribution in [3.05, 3.63) is 76.8 Å². The normalized spacial score (nSPS) is 10.6. The first-order valence-corrected chi connectivity index (χ1v) is 7.88. The number of nitriles is 1. The van der Waals surface area contributed by atoms with Crippen LogP contribution in [0.25, 0.3) is 16.6 Å². The first-order valence-electron chi connectivity index (χ1n) is 7.06. The van der Waals surface area contributed by atoms with Crippen LogP contribution in [-0.2, 0) is 0 Å². The maximum absolute atomic E-state index is 12.2. The number of hydrogen-bond acceptors (Lipinski definition) is 5. The molecule has 0 aliphatic rings. The van der Waals surface area contributed by atoms with Gasteiger partial charge in [-0.15, -0.1) is 11.3 Å². The molecule has 0 bridgehead atoms. The molecule has 0 aliphatic carbocycles. The van der Waals surface area contributed by atoms with E-state index in [4.69, 9.17) is 5.26 Å². The summed E-state index contributed by atoms with van der Waals surface area (Å²) in [5, 5.41) is 19.0. The van der Waals surface area contributed by atoms with Crippen LogP contribution in [0.5, 0.6) is 5.75 Å². The lowest BCUT2D eigenvalue weighted by molar-refractivity contribution is 0.105. The van der Waals surface area contributed by atoms with E-state index in [-0.39, 0.29) is 11.5 Å². The van der Waals surface area contributed by atoms with Gasteiger partial charge in [-0.05, 0) is 35.9 Å². The number of allylic oxidation sites excluding steroid dienone is 1. The highest BCUT2D eigenvalue weighted by Gasteiger charge is 2.10. The monoisotopic (exact) mass is 331 g/mol. The van der Waals surface area contributed by atoms with Gasteiger partial charge in [-0.25, -0.2) is 4.98 Å². The molecule has 3 rings (SSSR count). The van der Waals surface area contributed by atoms with Crippen LogP contribution < -0.4 is 0 Å². The summed E-state index contributed by atoms with van der Waals surface area (Å²) in [7, 11) is 0. The molecule has 3 aromatic rings. The summed E-state index contributed by atoms with van der Waals surface area (Å²) in [5.41, 5.74) is 2.06. The summed E-state index contributed by atoms with van der Waals surface area (Å²) < 4.78 is 0. The highest BCUT2D eigenvalue weighted by atomic mass is 32.1. The zero-order chi connectivity index (χ0) is 16.9. The standard InChI is InChI=1S/C19H11N2O2S/c20-11-14-4-1-3-13(9-14)7-8-17(23)18-12-21-19(24-18)15-5-2-6-16(22)10-15/h1-10,22H. The lowest BCUT2D eigenvalue weighted by Gasteiger charge is -1.96. The molecule has 1 radical (unpaired) electrons. The largest absolute Gasteiger partial charge is 0.508 e. The highest BCUT2D eigenvalue weighted by Crippen LogP contribution is 2.27. The summed E-state index contributed by atoms with van der Waals surface area (Å²) in [6.07, 6.45) is 5.81. The Kier molecular flexibility index (Phi) is 4.50. The van der Waals surface area contributed by atoms with Crippen molar-refractivity contribution in [3.8, 4) is 22.4 Å². The summed E-state index contributed by atoms with van der Waals surface area (Å²) >= 11 is 1.21. The van der Waals surface area contributed by atoms with E-state index in [1.165, 1.54) is 17.4 Å². The zero-order valence-corrected chi connectivity index (χ0v) is 13.2. The van der Waals surface area contributed by atoms with Crippen LogP contribution >= 0.6 is 11.3 Å². The fourth-order valence-electron chi connectivity index (χ4n) is 2.07. The molecule has 24 heavy (non-hydrogen) atoms. The number of carbonyl (C=O) groups is 1. The molecular weight excluding hydrogens is 320 g/mol. The number of ketones is 1. The summed E-state index contributed by atoms with van der Waals surface area (Å²) in [6.45, 7) is 0. The first kappa shape index (κ1) is 15.7. The van der Waals surface area contributed by atoms with E-state index in [9.17, 15) is 9.90 Å². The molecule has 115 valence electrons. The van der Waals surface area contributed by atoms with Crippen molar-refractivity contribution in [1.82, 2.24) is 4.98 Å². The molecule has 4 nitrogen and oxygen atoms in total. The van der Waals surface area contributed by atoms with Crippen molar-refractivity contribution in [3.63, 3.8) is 0 Å². The van der Waals surface area contributed by atoms with Crippen molar-refractivity contribution in [2.45, 2.75) is 0 Å². The third-order valence-corrected chi connectivity index (χ3v) is 4.23. The van der Waals surface area contributed by atoms with Crippen molar-refractivity contribution >= 4 is 23.2 Å². The highest BCUT2D eigenvalue weighted by molar-refractivity contribution is 7.17. The maximum atomic E-state index is 12.2. The second kappa shape index (κ2) is 6.90. The molecule has 0 saturated heterocycles. The van der Waals surface area contributed by atoms with E-state index in [0.29, 0.717) is 15.4 Å². The molecule has 0 amide bonds. The van der Waals surface area contributed by atoms with Crippen LogP contribution in [0.3, 0.4) is 0 Å². The lowest BCUT2D eigenvalue weighted by Crippen LogP contribution is -1.89. The Morgan fingerprint density at radius 2 is 2.08 bits per heavy atom. The number of rotatable bonds is 4. The SMILES string of the molecule is N#Cc1cccc(C=CC(=O)c2[c]nc(-c3cccc(O)c3)s2)c1. The van der Waals surface area contributed by atoms with Gasteiger partial charge < -0.3 is 5.11 Å². The van der Waals surface area contributed by atoms with Gasteiger partial charge in [0, 0.05) is 5.56 Å². The lowest BCUT2D eigenvalue weighted by atomic mass is 10.1. The molecule has 0 saturated carbocycles. The van der Waals surface area contributed by atoms with Gasteiger partial charge in [0.25, 0.3) is 0 Å². The van der Waals surface area contributed by atoms with Crippen molar-refractivity contribution in [2.24, 2.45) is 0 Å². The van der Waals surface area contributed by atoms with Gasteiger partial charge in [-0.2, -0.15) is 5.26 Å². The van der Waals surface area contributed by atoms with E-state index in [1.807, 2.05) is 12.1 Å². The van der Waals surface area contributed by atoms with Crippen molar-refractivity contribution in [2.75, 3.05) is 0 Å². The van der Waals surface area contributed by atoms with E-state index >= 15 is 0 Å². The van der Waals surface area contributed by atoms with Gasteiger partial charge >= 0.3 is 0 Å². The van der Waals surface area contributed by atoms with Gasteiger partial charge in [0.15, 0.2) is 5.78 Å². The zero-order valence-electron chi connectivity index (χ0n) is 12.4. The third-order valence-electron chi connectivity index (χ3n) is 3.22. The molecule has 0 unspecified atom stereocenters. The minimum Gasteiger partial charge on any atom is -0.508 e. The number of thiazole rings is 1. The smallest absolute Gasteiger partial charge is 0.198 e. The Labute approximate surface area is 143 Å². The topological polar surface area (TPSA) is 74.0 Å². The second-order valence-electron chi connectivity index (χ2n) is 4.95. The Bertz CT molecular complexity index is 967. The first-order chi connectivity index (χ1) is 11.7. The van der Waals surface area contributed by atoms with Gasteiger partial charge in [0.05, 0.1) is 11.6 Å². The van der Waals surface area contributed by atoms with Gasteiger partial charge in [0.1, 0.15) is 21.8 Å². The van der Waals surface area contributed by atoms with Crippen LogP contribution in [0, 0.1) is 17.5 Å². The minimum absolute atomic E-state index is 0.146. The van der Waals surface area contributed by atoms with Gasteiger partial charge in [0.2, 0.25) is 0 Å². The number of aromatic hydroxyl groups is 1. The molecule has 0 aliphatic heterocycles. The Hall–Kier alpha value is -3.23. The van der Waals surface area contributed by atoms with E-state index in [0.717, 1.165) is 11.1 Å². The minimum atomic E-state index is -0.207. The Morgan fingerprint density at radius 1 is 1.25 bits per heavy atom. The molecule has 1 N–H and O–H groups in total. The number of hydrogen-bond donors (Lipinski definition) is 1. The number of nitrogens with zero attached hydrogens (tertiary/aromatic N) is 2. The van der Waals surface area contributed by atoms with Gasteiger partial charge in [-0.3, -0.25) is 4.79 Å². The molecule has 0 spiro atoms.